The number of likely N-dealkylation sites (tertiary alicyclic amines) is 1. The Labute approximate surface area is 191 Å². The number of nitrogens with zero attached hydrogens (tertiary/aromatic N) is 1. The van der Waals surface area contributed by atoms with Gasteiger partial charge in [-0.15, -0.1) is 0 Å². The highest BCUT2D eigenvalue weighted by molar-refractivity contribution is 7.80. The average molecular weight is 440 g/mol. The van der Waals surface area contributed by atoms with E-state index in [0.29, 0.717) is 29.0 Å². The van der Waals surface area contributed by atoms with Crippen molar-refractivity contribution in [3.8, 4) is 5.75 Å². The highest BCUT2D eigenvalue weighted by Gasteiger charge is 2.21. The van der Waals surface area contributed by atoms with Crippen molar-refractivity contribution in [3.63, 3.8) is 0 Å². The van der Waals surface area contributed by atoms with Crippen LogP contribution in [0.5, 0.6) is 5.75 Å². The molecule has 0 bridgehead atoms. The van der Waals surface area contributed by atoms with Crippen LogP contribution in [0.1, 0.15) is 49.0 Å². The van der Waals surface area contributed by atoms with Gasteiger partial charge in [0, 0.05) is 25.7 Å². The van der Waals surface area contributed by atoms with E-state index in [1.807, 2.05) is 24.3 Å². The SMILES string of the molecule is CC(C)CCOc1ccccc1C(=O)NC(=S)NC1CCN(Cc2ccccc2)CC1. The van der Waals surface area contributed by atoms with E-state index in [4.69, 9.17) is 17.0 Å². The summed E-state index contributed by atoms with van der Waals surface area (Å²) in [7, 11) is 0. The van der Waals surface area contributed by atoms with Gasteiger partial charge >= 0.3 is 0 Å². The number of benzene rings is 2. The fourth-order valence-corrected chi connectivity index (χ4v) is 3.91. The molecular formula is C25H33N3O2S. The van der Waals surface area contributed by atoms with Crippen LogP contribution in [0, 0.1) is 5.92 Å². The quantitative estimate of drug-likeness (QED) is 0.598. The number of carbonyl (C=O) groups is 1. The van der Waals surface area contributed by atoms with Gasteiger partial charge in [0.1, 0.15) is 5.75 Å². The summed E-state index contributed by atoms with van der Waals surface area (Å²) in [5.41, 5.74) is 1.85. The number of rotatable bonds is 8. The molecule has 0 spiro atoms. The van der Waals surface area contributed by atoms with Gasteiger partial charge in [-0.3, -0.25) is 15.0 Å². The minimum atomic E-state index is -0.237. The summed E-state index contributed by atoms with van der Waals surface area (Å²) in [6, 6.07) is 18.1. The van der Waals surface area contributed by atoms with Crippen molar-refractivity contribution in [1.82, 2.24) is 15.5 Å². The van der Waals surface area contributed by atoms with Crippen molar-refractivity contribution in [2.24, 2.45) is 5.92 Å². The van der Waals surface area contributed by atoms with E-state index < -0.39 is 0 Å². The van der Waals surface area contributed by atoms with E-state index >= 15 is 0 Å². The molecule has 0 unspecified atom stereocenters. The minimum absolute atomic E-state index is 0.237. The molecule has 1 fully saturated rings. The lowest BCUT2D eigenvalue weighted by Crippen LogP contribution is -2.48. The van der Waals surface area contributed by atoms with Gasteiger partial charge in [0.15, 0.2) is 5.11 Å². The lowest BCUT2D eigenvalue weighted by molar-refractivity contribution is 0.0971. The summed E-state index contributed by atoms with van der Waals surface area (Å²) in [6.07, 6.45) is 2.94. The fraction of sp³-hybridized carbons (Fsp3) is 0.440. The second kappa shape index (κ2) is 11.8. The summed E-state index contributed by atoms with van der Waals surface area (Å²) in [5.74, 6) is 0.911. The van der Waals surface area contributed by atoms with Crippen LogP contribution in [0.2, 0.25) is 0 Å². The van der Waals surface area contributed by atoms with Crippen molar-refractivity contribution in [3.05, 3.63) is 65.7 Å². The Bertz CT molecular complexity index is 849. The molecule has 1 amide bonds. The molecule has 5 nitrogen and oxygen atoms in total. The van der Waals surface area contributed by atoms with Crippen LogP contribution in [0.25, 0.3) is 0 Å². The zero-order chi connectivity index (χ0) is 22.1. The van der Waals surface area contributed by atoms with Gasteiger partial charge in [-0.05, 0) is 55.1 Å². The third-order valence-corrected chi connectivity index (χ3v) is 5.70. The molecular weight excluding hydrogens is 406 g/mol. The first kappa shape index (κ1) is 23.2. The van der Waals surface area contributed by atoms with Gasteiger partial charge in [-0.2, -0.15) is 0 Å². The van der Waals surface area contributed by atoms with Crippen LogP contribution in [0.3, 0.4) is 0 Å². The highest BCUT2D eigenvalue weighted by Crippen LogP contribution is 2.19. The monoisotopic (exact) mass is 439 g/mol. The molecule has 3 rings (SSSR count). The topological polar surface area (TPSA) is 53.6 Å². The van der Waals surface area contributed by atoms with Gasteiger partial charge in [0.2, 0.25) is 0 Å². The van der Waals surface area contributed by atoms with E-state index in [-0.39, 0.29) is 11.9 Å². The average Bonchev–Trinajstić information content (AvgIpc) is 2.76. The van der Waals surface area contributed by atoms with E-state index in [0.717, 1.165) is 38.9 Å². The molecule has 0 aliphatic carbocycles. The number of amides is 1. The molecule has 0 radical (unpaired) electrons. The summed E-state index contributed by atoms with van der Waals surface area (Å²) in [4.78, 5) is 15.2. The standard InChI is InChI=1S/C25H33N3O2S/c1-19(2)14-17-30-23-11-7-6-10-22(23)24(29)27-25(31)26-21-12-15-28(16-13-21)18-20-8-4-3-5-9-20/h3-11,19,21H,12-18H2,1-2H3,(H2,26,27,29,31). The molecule has 2 N–H and O–H groups in total. The fourth-order valence-electron chi connectivity index (χ4n) is 3.65. The van der Waals surface area contributed by atoms with E-state index in [1.54, 1.807) is 6.07 Å². The van der Waals surface area contributed by atoms with E-state index in [2.05, 4.69) is 53.6 Å². The second-order valence-electron chi connectivity index (χ2n) is 8.49. The van der Waals surface area contributed by atoms with Crippen LogP contribution < -0.4 is 15.4 Å². The predicted molar refractivity (Wildman–Crippen MR) is 129 cm³/mol. The molecule has 1 aliphatic rings. The molecule has 31 heavy (non-hydrogen) atoms. The van der Waals surface area contributed by atoms with Gasteiger partial charge in [0.25, 0.3) is 5.91 Å². The molecule has 1 aliphatic heterocycles. The van der Waals surface area contributed by atoms with Crippen LogP contribution in [-0.4, -0.2) is 41.7 Å². The molecule has 1 saturated heterocycles. The maximum atomic E-state index is 12.7. The molecule has 0 aromatic heterocycles. The molecule has 2 aromatic carbocycles. The number of piperidine rings is 1. The van der Waals surface area contributed by atoms with Gasteiger partial charge in [-0.1, -0.05) is 56.3 Å². The predicted octanol–water partition coefficient (Wildman–Crippen LogP) is 4.38. The van der Waals surface area contributed by atoms with Crippen molar-refractivity contribution in [1.29, 1.82) is 0 Å². The lowest BCUT2D eigenvalue weighted by Gasteiger charge is -2.32. The summed E-state index contributed by atoms with van der Waals surface area (Å²) in [6.45, 7) is 7.89. The van der Waals surface area contributed by atoms with Gasteiger partial charge < -0.3 is 10.1 Å². The number of hydrogen-bond donors (Lipinski definition) is 2. The molecule has 0 atom stereocenters. The number of ether oxygens (including phenoxy) is 1. The van der Waals surface area contributed by atoms with Gasteiger partial charge in [-0.25, -0.2) is 0 Å². The Morgan fingerprint density at radius 3 is 2.48 bits per heavy atom. The largest absolute Gasteiger partial charge is 0.493 e. The third-order valence-electron chi connectivity index (χ3n) is 5.48. The summed E-state index contributed by atoms with van der Waals surface area (Å²) >= 11 is 5.41. The minimum Gasteiger partial charge on any atom is -0.493 e. The van der Waals surface area contributed by atoms with Crippen molar-refractivity contribution in [2.75, 3.05) is 19.7 Å². The molecule has 2 aromatic rings. The summed E-state index contributed by atoms with van der Waals surface area (Å²) in [5, 5.41) is 6.51. The van der Waals surface area contributed by atoms with E-state index in [1.165, 1.54) is 5.56 Å². The Morgan fingerprint density at radius 1 is 1.10 bits per heavy atom. The molecule has 166 valence electrons. The first-order valence-corrected chi connectivity index (χ1v) is 11.5. The number of nitrogens with one attached hydrogen (secondary N) is 2. The van der Waals surface area contributed by atoms with Crippen LogP contribution in [0.4, 0.5) is 0 Å². The number of para-hydroxylation sites is 1. The third kappa shape index (κ3) is 7.64. The van der Waals surface area contributed by atoms with Crippen LogP contribution in [0.15, 0.2) is 54.6 Å². The van der Waals surface area contributed by atoms with E-state index in [9.17, 15) is 4.79 Å². The smallest absolute Gasteiger partial charge is 0.261 e. The highest BCUT2D eigenvalue weighted by atomic mass is 32.1. The number of thiocarbonyl (C=S) groups is 1. The maximum absolute atomic E-state index is 12.7. The number of hydrogen-bond acceptors (Lipinski definition) is 4. The Balaban J connectivity index is 1.44. The normalized spacial score (nSPS) is 14.9. The maximum Gasteiger partial charge on any atom is 0.261 e. The zero-order valence-electron chi connectivity index (χ0n) is 18.5. The lowest BCUT2D eigenvalue weighted by atomic mass is 10.0. The zero-order valence-corrected chi connectivity index (χ0v) is 19.3. The molecule has 0 saturated carbocycles. The molecule has 6 heteroatoms. The summed E-state index contributed by atoms with van der Waals surface area (Å²) < 4.78 is 5.83. The van der Waals surface area contributed by atoms with Crippen LogP contribution >= 0.6 is 12.2 Å². The Kier molecular flexibility index (Phi) is 8.85. The Morgan fingerprint density at radius 2 is 1.77 bits per heavy atom. The van der Waals surface area contributed by atoms with Crippen molar-refractivity contribution >= 4 is 23.2 Å². The van der Waals surface area contributed by atoms with Gasteiger partial charge in [0.05, 0.1) is 12.2 Å². The van der Waals surface area contributed by atoms with Crippen LogP contribution in [-0.2, 0) is 6.54 Å². The first-order valence-electron chi connectivity index (χ1n) is 11.1. The number of carbonyl (C=O) groups excluding carboxylic acids is 1. The van der Waals surface area contributed by atoms with Crippen molar-refractivity contribution in [2.45, 2.75) is 45.7 Å². The van der Waals surface area contributed by atoms with Crippen molar-refractivity contribution < 1.29 is 9.53 Å². The second-order valence-corrected chi connectivity index (χ2v) is 8.90. The first-order chi connectivity index (χ1) is 15.0. The molecule has 1 heterocycles. The Hall–Kier alpha value is -2.44.